The fourth-order valence-corrected chi connectivity index (χ4v) is 4.70. The van der Waals surface area contributed by atoms with Gasteiger partial charge in [-0.05, 0) is 36.5 Å². The van der Waals surface area contributed by atoms with Gasteiger partial charge in [0, 0.05) is 12.4 Å². The lowest BCUT2D eigenvalue weighted by molar-refractivity contribution is -0.120. The second-order valence-corrected chi connectivity index (χ2v) is 7.04. The minimum Gasteiger partial charge on any atom is -0.390 e. The molecule has 0 bridgehead atoms. The van der Waals surface area contributed by atoms with Crippen molar-refractivity contribution >= 4 is 11.8 Å². The molecular weight excluding hydrogens is 272 g/mol. The third-order valence-corrected chi connectivity index (χ3v) is 5.77. The molecule has 4 unspecified atom stereocenters. The molecule has 0 saturated carbocycles. The normalized spacial score (nSPS) is 33.2. The summed E-state index contributed by atoms with van der Waals surface area (Å²) in [6.07, 6.45) is 1.26. The largest absolute Gasteiger partial charge is 0.390 e. The Morgan fingerprint density at radius 1 is 1.25 bits per heavy atom. The number of aliphatic hydroxyl groups excluding tert-OH is 2. The Bertz CT molecular complexity index is 431. The van der Waals surface area contributed by atoms with Crippen LogP contribution >= 0.6 is 11.8 Å². The zero-order valence-electron chi connectivity index (χ0n) is 11.6. The molecule has 2 N–H and O–H groups in total. The summed E-state index contributed by atoms with van der Waals surface area (Å²) in [7, 11) is 0. The summed E-state index contributed by atoms with van der Waals surface area (Å²) in [6.45, 7) is 0.698. The topological polar surface area (TPSA) is 49.7 Å². The third-order valence-electron chi connectivity index (χ3n) is 4.55. The lowest BCUT2D eigenvalue weighted by atomic mass is 9.80. The quantitative estimate of drug-likeness (QED) is 0.898. The van der Waals surface area contributed by atoms with E-state index in [1.165, 1.54) is 0 Å². The van der Waals surface area contributed by atoms with Crippen molar-refractivity contribution in [2.24, 2.45) is 5.92 Å². The molecule has 3 rings (SSSR count). The van der Waals surface area contributed by atoms with E-state index >= 15 is 0 Å². The first-order chi connectivity index (χ1) is 9.70. The molecule has 2 aliphatic rings. The van der Waals surface area contributed by atoms with Crippen molar-refractivity contribution in [1.82, 2.24) is 0 Å². The second-order valence-electron chi connectivity index (χ2n) is 5.93. The number of hydrogen-bond donors (Lipinski definition) is 2. The van der Waals surface area contributed by atoms with Crippen LogP contribution in [0.2, 0.25) is 0 Å². The van der Waals surface area contributed by atoms with Gasteiger partial charge < -0.3 is 14.9 Å². The molecule has 20 heavy (non-hydrogen) atoms. The van der Waals surface area contributed by atoms with Crippen molar-refractivity contribution in [3.8, 4) is 0 Å². The van der Waals surface area contributed by atoms with Gasteiger partial charge in [0.15, 0.2) is 0 Å². The van der Waals surface area contributed by atoms with Gasteiger partial charge in [0.25, 0.3) is 0 Å². The number of hydrogen-bond acceptors (Lipinski definition) is 4. The highest BCUT2D eigenvalue weighted by Gasteiger charge is 2.43. The average molecular weight is 294 g/mol. The summed E-state index contributed by atoms with van der Waals surface area (Å²) in [6, 6.07) is 9.44. The second kappa shape index (κ2) is 6.06. The summed E-state index contributed by atoms with van der Waals surface area (Å²) in [5.41, 5.74) is 0.742. The highest BCUT2D eigenvalue weighted by atomic mass is 32.2. The minimum atomic E-state index is -0.801. The SMILES string of the molecule is OC(c1ccccc1)C(O)C1CCOC2(CCSC2)C1. The van der Waals surface area contributed by atoms with E-state index in [1.807, 2.05) is 42.1 Å². The standard InChI is InChI=1S/C16H22O3S/c17-14(12-4-2-1-3-5-12)15(18)13-6-8-19-16(10-13)7-9-20-11-16/h1-5,13-15,17-18H,6-11H2. The minimum absolute atomic E-state index is 0.0506. The van der Waals surface area contributed by atoms with Gasteiger partial charge in [-0.3, -0.25) is 0 Å². The van der Waals surface area contributed by atoms with Gasteiger partial charge in [0.1, 0.15) is 6.10 Å². The maximum Gasteiger partial charge on any atom is 0.105 e. The molecule has 3 nitrogen and oxygen atoms in total. The van der Waals surface area contributed by atoms with Crippen LogP contribution in [-0.4, -0.2) is 40.0 Å². The highest BCUT2D eigenvalue weighted by Crippen LogP contribution is 2.42. The Morgan fingerprint density at radius 2 is 2.05 bits per heavy atom. The molecule has 1 aromatic carbocycles. The Kier molecular flexibility index (Phi) is 4.36. The van der Waals surface area contributed by atoms with Crippen molar-refractivity contribution in [1.29, 1.82) is 0 Å². The van der Waals surface area contributed by atoms with Crippen molar-refractivity contribution < 1.29 is 14.9 Å². The molecule has 110 valence electrons. The smallest absolute Gasteiger partial charge is 0.105 e. The van der Waals surface area contributed by atoms with E-state index < -0.39 is 12.2 Å². The Hall–Kier alpha value is -0.550. The lowest BCUT2D eigenvalue weighted by Crippen LogP contribution is -2.44. The maximum absolute atomic E-state index is 10.5. The molecule has 2 saturated heterocycles. The van der Waals surface area contributed by atoms with Gasteiger partial charge in [0.2, 0.25) is 0 Å². The number of thioether (sulfide) groups is 1. The molecule has 4 atom stereocenters. The van der Waals surface area contributed by atoms with Crippen LogP contribution in [0.1, 0.15) is 30.9 Å². The van der Waals surface area contributed by atoms with E-state index in [2.05, 4.69) is 0 Å². The predicted octanol–water partition coefficient (Wildman–Crippen LogP) is 2.38. The Morgan fingerprint density at radius 3 is 2.75 bits per heavy atom. The van der Waals surface area contributed by atoms with Gasteiger partial charge in [-0.1, -0.05) is 30.3 Å². The zero-order valence-corrected chi connectivity index (χ0v) is 12.4. The number of rotatable bonds is 3. The summed E-state index contributed by atoms with van der Waals surface area (Å²) in [5, 5.41) is 20.9. The van der Waals surface area contributed by atoms with Crippen LogP contribution in [-0.2, 0) is 4.74 Å². The summed E-state index contributed by atoms with van der Waals surface area (Å²) in [5.74, 6) is 2.29. The Balaban J connectivity index is 1.68. The fourth-order valence-electron chi connectivity index (χ4n) is 3.33. The highest BCUT2D eigenvalue weighted by molar-refractivity contribution is 7.99. The molecule has 0 amide bonds. The van der Waals surface area contributed by atoms with Crippen LogP contribution in [0.5, 0.6) is 0 Å². The third kappa shape index (κ3) is 2.89. The molecule has 2 fully saturated rings. The van der Waals surface area contributed by atoms with Crippen LogP contribution in [0.25, 0.3) is 0 Å². The molecular formula is C16H22O3S. The number of benzene rings is 1. The average Bonchev–Trinajstić information content (AvgIpc) is 2.94. The van der Waals surface area contributed by atoms with Crippen molar-refractivity contribution in [2.45, 2.75) is 37.1 Å². The first-order valence-corrected chi connectivity index (χ1v) is 8.48. The molecule has 1 spiro atoms. The van der Waals surface area contributed by atoms with Gasteiger partial charge in [0.05, 0.1) is 11.7 Å². The number of aliphatic hydroxyl groups is 2. The van der Waals surface area contributed by atoms with Crippen molar-refractivity contribution in [3.63, 3.8) is 0 Å². The predicted molar refractivity (Wildman–Crippen MR) is 80.8 cm³/mol. The van der Waals surface area contributed by atoms with Crippen molar-refractivity contribution in [3.05, 3.63) is 35.9 Å². The van der Waals surface area contributed by atoms with Gasteiger partial charge in [-0.2, -0.15) is 11.8 Å². The van der Waals surface area contributed by atoms with Gasteiger partial charge in [-0.15, -0.1) is 0 Å². The van der Waals surface area contributed by atoms with E-state index in [1.54, 1.807) is 0 Å². The molecule has 0 radical (unpaired) electrons. The zero-order chi connectivity index (χ0) is 14.0. The van der Waals surface area contributed by atoms with Crippen LogP contribution in [0, 0.1) is 5.92 Å². The summed E-state index contributed by atoms with van der Waals surface area (Å²) in [4.78, 5) is 0. The monoisotopic (exact) mass is 294 g/mol. The van der Waals surface area contributed by atoms with E-state index in [4.69, 9.17) is 4.74 Å². The maximum atomic E-state index is 10.5. The van der Waals surface area contributed by atoms with Gasteiger partial charge >= 0.3 is 0 Å². The Labute approximate surface area is 124 Å². The fraction of sp³-hybridized carbons (Fsp3) is 0.625. The summed E-state index contributed by atoms with van der Waals surface area (Å²) < 4.78 is 5.98. The summed E-state index contributed by atoms with van der Waals surface area (Å²) >= 11 is 1.93. The molecule has 4 heteroatoms. The molecule has 0 aromatic heterocycles. The molecule has 2 aliphatic heterocycles. The van der Waals surface area contributed by atoms with Crippen LogP contribution in [0.4, 0.5) is 0 Å². The number of ether oxygens (including phenoxy) is 1. The van der Waals surface area contributed by atoms with E-state index in [9.17, 15) is 10.2 Å². The molecule has 1 aromatic rings. The van der Waals surface area contributed by atoms with E-state index in [0.29, 0.717) is 6.61 Å². The van der Waals surface area contributed by atoms with Crippen molar-refractivity contribution in [2.75, 3.05) is 18.1 Å². The van der Waals surface area contributed by atoms with E-state index in [-0.39, 0.29) is 11.5 Å². The molecule has 2 heterocycles. The first kappa shape index (κ1) is 14.4. The van der Waals surface area contributed by atoms with E-state index in [0.717, 1.165) is 36.3 Å². The van der Waals surface area contributed by atoms with Gasteiger partial charge in [-0.25, -0.2) is 0 Å². The van der Waals surface area contributed by atoms with Crippen LogP contribution in [0.3, 0.4) is 0 Å². The van der Waals surface area contributed by atoms with Crippen LogP contribution in [0.15, 0.2) is 30.3 Å². The lowest BCUT2D eigenvalue weighted by Gasteiger charge is -2.40. The first-order valence-electron chi connectivity index (χ1n) is 7.33. The molecule has 0 aliphatic carbocycles. The van der Waals surface area contributed by atoms with Crippen LogP contribution < -0.4 is 0 Å².